The Bertz CT molecular complexity index is 468. The maximum absolute atomic E-state index is 12.2. The molecule has 1 aromatic rings. The van der Waals surface area contributed by atoms with Crippen LogP contribution in [0.15, 0.2) is 23.5 Å². The third kappa shape index (κ3) is 3.90. The minimum Gasteiger partial charge on any atom is -0.455 e. The van der Waals surface area contributed by atoms with Gasteiger partial charge in [0.05, 0.1) is 0 Å². The highest BCUT2D eigenvalue weighted by atomic mass is 19.4. The Morgan fingerprint density at radius 3 is 2.10 bits per heavy atom. The first-order valence-corrected chi connectivity index (χ1v) is 4.79. The smallest absolute Gasteiger partial charge is 0.434 e. The lowest BCUT2D eigenvalue weighted by Crippen LogP contribution is -2.46. The summed E-state index contributed by atoms with van der Waals surface area (Å²) in [4.78, 5) is 3.22. The highest BCUT2D eigenvalue weighted by Crippen LogP contribution is 2.35. The van der Waals surface area contributed by atoms with Crippen LogP contribution >= 0.6 is 0 Å². The Labute approximate surface area is 107 Å². The average Bonchev–Trinajstić information content (AvgIpc) is 2.33. The van der Waals surface area contributed by atoms with E-state index in [0.717, 1.165) is 18.3 Å². The largest absolute Gasteiger partial charge is 0.455 e. The van der Waals surface area contributed by atoms with Gasteiger partial charge in [-0.15, -0.1) is 0 Å². The molecule has 3 N–H and O–H groups in total. The Hall–Kier alpha value is -2.20. The van der Waals surface area contributed by atoms with Crippen molar-refractivity contribution < 1.29 is 36.3 Å². The van der Waals surface area contributed by atoms with Crippen LogP contribution in [0.4, 0.5) is 26.3 Å². The zero-order valence-electron chi connectivity index (χ0n) is 9.40. The summed E-state index contributed by atoms with van der Waals surface area (Å²) in [7, 11) is 0. The summed E-state index contributed by atoms with van der Waals surface area (Å²) >= 11 is 0. The molecule has 0 saturated carbocycles. The van der Waals surface area contributed by atoms with Crippen molar-refractivity contribution >= 4 is 5.84 Å². The van der Waals surface area contributed by atoms with E-state index in [4.69, 9.17) is 10.9 Å². The number of pyridine rings is 1. The maximum atomic E-state index is 12.2. The van der Waals surface area contributed by atoms with E-state index in [1.807, 2.05) is 0 Å². The fourth-order valence-electron chi connectivity index (χ4n) is 1.10. The molecule has 0 aromatic carbocycles. The van der Waals surface area contributed by atoms with Gasteiger partial charge in [-0.05, 0) is 6.07 Å². The molecular formula is C9H7F6N3O2. The normalized spacial score (nSPS) is 13.7. The van der Waals surface area contributed by atoms with Gasteiger partial charge in [-0.25, -0.2) is 4.98 Å². The van der Waals surface area contributed by atoms with Crippen molar-refractivity contribution in [1.82, 2.24) is 4.98 Å². The number of halogens is 6. The minimum absolute atomic E-state index is 0.00424. The van der Waals surface area contributed by atoms with Crippen LogP contribution in [-0.2, 0) is 0 Å². The topological polar surface area (TPSA) is 80.7 Å². The molecule has 112 valence electrons. The number of aromatic nitrogens is 1. The van der Waals surface area contributed by atoms with Crippen LogP contribution in [0.1, 0.15) is 5.56 Å². The molecule has 0 aliphatic rings. The first-order valence-electron chi connectivity index (χ1n) is 4.79. The zero-order chi connectivity index (χ0) is 15.6. The molecule has 0 aliphatic carbocycles. The van der Waals surface area contributed by atoms with Crippen LogP contribution < -0.4 is 10.5 Å². The molecule has 0 fully saturated rings. The van der Waals surface area contributed by atoms with Crippen molar-refractivity contribution in [3.05, 3.63) is 23.9 Å². The summed E-state index contributed by atoms with van der Waals surface area (Å²) < 4.78 is 77.1. The molecule has 0 unspecified atom stereocenters. The molecule has 0 amide bonds. The van der Waals surface area contributed by atoms with E-state index >= 15 is 0 Å². The number of amidine groups is 1. The molecule has 0 saturated heterocycles. The maximum Gasteiger partial charge on any atom is 0.434 e. The second-order valence-electron chi connectivity index (χ2n) is 3.45. The SMILES string of the molecule is N/C(=N/O)c1ccc(OC(C(F)(F)F)C(F)(F)F)nc1. The summed E-state index contributed by atoms with van der Waals surface area (Å²) in [5.74, 6) is -1.31. The van der Waals surface area contributed by atoms with Gasteiger partial charge in [0, 0.05) is 17.8 Å². The quantitative estimate of drug-likeness (QED) is 0.294. The first-order chi connectivity index (χ1) is 9.05. The van der Waals surface area contributed by atoms with Gasteiger partial charge in [-0.3, -0.25) is 0 Å². The fourth-order valence-corrected chi connectivity index (χ4v) is 1.10. The monoisotopic (exact) mass is 303 g/mol. The Morgan fingerprint density at radius 2 is 1.75 bits per heavy atom. The van der Waals surface area contributed by atoms with Gasteiger partial charge in [-0.1, -0.05) is 5.16 Å². The summed E-state index contributed by atoms with van der Waals surface area (Å²) in [6, 6.07) is 1.72. The van der Waals surface area contributed by atoms with Crippen LogP contribution in [0.25, 0.3) is 0 Å². The molecule has 0 spiro atoms. The Kier molecular flexibility index (Phi) is 4.30. The van der Waals surface area contributed by atoms with E-state index in [9.17, 15) is 26.3 Å². The molecule has 5 nitrogen and oxygen atoms in total. The standard InChI is InChI=1S/C9H7F6N3O2/c10-8(11,12)7(9(13,14)15)20-5-2-1-4(3-17-5)6(16)18-19/h1-3,7,19H,(H2,16,18). The lowest BCUT2D eigenvalue weighted by Gasteiger charge is -2.23. The molecule has 0 atom stereocenters. The fraction of sp³-hybridized carbons (Fsp3) is 0.333. The van der Waals surface area contributed by atoms with Crippen LogP contribution in [0.3, 0.4) is 0 Å². The number of hydrogen-bond acceptors (Lipinski definition) is 4. The highest BCUT2D eigenvalue weighted by Gasteiger charge is 2.59. The number of nitrogens with zero attached hydrogens (tertiary/aromatic N) is 2. The van der Waals surface area contributed by atoms with E-state index < -0.39 is 30.2 Å². The number of alkyl halides is 6. The number of nitrogens with two attached hydrogens (primary N) is 1. The van der Waals surface area contributed by atoms with Crippen molar-refractivity contribution in [3.8, 4) is 5.88 Å². The Morgan fingerprint density at radius 1 is 1.20 bits per heavy atom. The summed E-state index contributed by atoms with van der Waals surface area (Å²) in [6.45, 7) is 0. The van der Waals surface area contributed by atoms with Crippen LogP contribution in [0.2, 0.25) is 0 Å². The number of ether oxygens (including phenoxy) is 1. The second kappa shape index (κ2) is 5.43. The zero-order valence-corrected chi connectivity index (χ0v) is 9.40. The summed E-state index contributed by atoms with van der Waals surface area (Å²) in [5, 5.41) is 10.9. The van der Waals surface area contributed by atoms with E-state index in [-0.39, 0.29) is 5.56 Å². The lowest BCUT2D eigenvalue weighted by molar-refractivity contribution is -0.300. The molecule has 0 radical (unpaired) electrons. The van der Waals surface area contributed by atoms with Crippen LogP contribution in [0.5, 0.6) is 5.88 Å². The third-order valence-corrected chi connectivity index (χ3v) is 1.97. The van der Waals surface area contributed by atoms with E-state index in [1.54, 1.807) is 0 Å². The molecule has 1 heterocycles. The molecule has 11 heteroatoms. The van der Waals surface area contributed by atoms with Gasteiger partial charge in [0.1, 0.15) is 0 Å². The van der Waals surface area contributed by atoms with Crippen molar-refractivity contribution in [2.75, 3.05) is 0 Å². The van der Waals surface area contributed by atoms with Crippen molar-refractivity contribution in [1.29, 1.82) is 0 Å². The molecule has 0 bridgehead atoms. The van der Waals surface area contributed by atoms with Gasteiger partial charge in [0.15, 0.2) is 5.84 Å². The van der Waals surface area contributed by atoms with Crippen molar-refractivity contribution in [2.45, 2.75) is 18.5 Å². The van der Waals surface area contributed by atoms with Crippen molar-refractivity contribution in [3.63, 3.8) is 0 Å². The van der Waals surface area contributed by atoms with E-state index in [0.29, 0.717) is 0 Å². The molecule has 1 rings (SSSR count). The first kappa shape index (κ1) is 15.9. The van der Waals surface area contributed by atoms with Gasteiger partial charge < -0.3 is 15.7 Å². The Balaban J connectivity index is 2.96. The van der Waals surface area contributed by atoms with Crippen LogP contribution in [0, 0.1) is 0 Å². The number of oxime groups is 1. The predicted octanol–water partition coefficient (Wildman–Crippen LogP) is 2.05. The molecule has 1 aromatic heterocycles. The summed E-state index contributed by atoms with van der Waals surface area (Å²) in [5.41, 5.74) is 5.14. The van der Waals surface area contributed by atoms with Gasteiger partial charge in [-0.2, -0.15) is 26.3 Å². The number of hydrogen-bond donors (Lipinski definition) is 2. The second-order valence-corrected chi connectivity index (χ2v) is 3.45. The van der Waals surface area contributed by atoms with Gasteiger partial charge >= 0.3 is 12.4 Å². The molecular weight excluding hydrogens is 296 g/mol. The predicted molar refractivity (Wildman–Crippen MR) is 53.3 cm³/mol. The third-order valence-electron chi connectivity index (χ3n) is 1.97. The molecule has 0 aliphatic heterocycles. The minimum atomic E-state index is -5.63. The average molecular weight is 303 g/mol. The van der Waals surface area contributed by atoms with Gasteiger partial charge in [0.25, 0.3) is 6.10 Å². The molecule has 20 heavy (non-hydrogen) atoms. The van der Waals surface area contributed by atoms with Crippen LogP contribution in [-0.4, -0.2) is 34.5 Å². The van der Waals surface area contributed by atoms with Crippen molar-refractivity contribution in [2.24, 2.45) is 10.9 Å². The van der Waals surface area contributed by atoms with E-state index in [2.05, 4.69) is 14.9 Å². The van der Waals surface area contributed by atoms with E-state index in [1.165, 1.54) is 0 Å². The highest BCUT2D eigenvalue weighted by molar-refractivity contribution is 5.96. The van der Waals surface area contributed by atoms with Gasteiger partial charge in [0.2, 0.25) is 5.88 Å². The number of rotatable bonds is 3. The summed E-state index contributed by atoms with van der Waals surface area (Å²) in [6.07, 6.45) is -14.5. The lowest BCUT2D eigenvalue weighted by atomic mass is 10.2.